The van der Waals surface area contributed by atoms with Crippen molar-refractivity contribution in [1.82, 2.24) is 0 Å². The third-order valence-corrected chi connectivity index (χ3v) is 10.4. The van der Waals surface area contributed by atoms with Crippen LogP contribution in [0, 0.1) is 5.92 Å². The summed E-state index contributed by atoms with van der Waals surface area (Å²) in [5.41, 5.74) is 2.16. The lowest BCUT2D eigenvalue weighted by molar-refractivity contribution is -0.137. The normalized spacial score (nSPS) is 16.0. The Balaban J connectivity index is 5.51. The Labute approximate surface area is 163 Å². The first-order valence-electron chi connectivity index (χ1n) is 10.2. The topological polar surface area (TPSA) is 35.5 Å². The predicted molar refractivity (Wildman–Crippen MR) is 115 cm³/mol. The predicted octanol–water partition coefficient (Wildman–Crippen LogP) is 6.66. The van der Waals surface area contributed by atoms with Gasteiger partial charge in [-0.2, -0.15) is 0 Å². The molecule has 3 nitrogen and oxygen atoms in total. The number of esters is 1. The molecule has 0 aromatic carbocycles. The molecule has 0 amide bonds. The van der Waals surface area contributed by atoms with Gasteiger partial charge >= 0.3 is 5.97 Å². The molecular formula is C22H42O3Si. The van der Waals surface area contributed by atoms with Crippen molar-refractivity contribution in [2.24, 2.45) is 5.92 Å². The summed E-state index contributed by atoms with van der Waals surface area (Å²) in [6.45, 7) is 19.9. The van der Waals surface area contributed by atoms with Gasteiger partial charge in [0, 0.05) is 6.08 Å². The van der Waals surface area contributed by atoms with E-state index in [1.807, 2.05) is 13.8 Å². The van der Waals surface area contributed by atoms with Crippen LogP contribution in [0.1, 0.15) is 75.2 Å². The summed E-state index contributed by atoms with van der Waals surface area (Å²) in [5, 5.41) is 0. The molecule has 0 heterocycles. The van der Waals surface area contributed by atoms with Gasteiger partial charge in [0.25, 0.3) is 0 Å². The zero-order chi connectivity index (χ0) is 20.4. The van der Waals surface area contributed by atoms with E-state index >= 15 is 0 Å². The van der Waals surface area contributed by atoms with Crippen LogP contribution < -0.4 is 0 Å². The average Bonchev–Trinajstić information content (AvgIpc) is 2.58. The molecule has 0 bridgehead atoms. The van der Waals surface area contributed by atoms with Gasteiger partial charge in [0.1, 0.15) is 0 Å². The van der Waals surface area contributed by atoms with E-state index in [2.05, 4.69) is 54.5 Å². The van der Waals surface area contributed by atoms with Crippen LogP contribution in [0.2, 0.25) is 18.1 Å². The maximum atomic E-state index is 11.7. The van der Waals surface area contributed by atoms with Gasteiger partial charge in [0.2, 0.25) is 0 Å². The van der Waals surface area contributed by atoms with Gasteiger partial charge in [-0.1, -0.05) is 44.9 Å². The van der Waals surface area contributed by atoms with E-state index in [4.69, 9.17) is 9.16 Å². The smallest absolute Gasteiger partial charge is 0.330 e. The van der Waals surface area contributed by atoms with Crippen molar-refractivity contribution in [2.45, 2.75) is 98.9 Å². The first kappa shape index (κ1) is 25.1. The van der Waals surface area contributed by atoms with E-state index in [-0.39, 0.29) is 11.6 Å². The Hall–Kier alpha value is -0.873. The molecular weight excluding hydrogens is 340 g/mol. The summed E-state index contributed by atoms with van der Waals surface area (Å²) < 4.78 is 12.0. The first-order chi connectivity index (χ1) is 12.1. The largest absolute Gasteiger partial charge is 0.463 e. The van der Waals surface area contributed by atoms with Gasteiger partial charge in [-0.15, -0.1) is 0 Å². The van der Waals surface area contributed by atoms with Crippen molar-refractivity contribution in [3.8, 4) is 0 Å². The Bertz CT molecular complexity index is 479. The fourth-order valence-corrected chi connectivity index (χ4v) is 6.56. The summed E-state index contributed by atoms with van der Waals surface area (Å²) in [6.07, 6.45) is 5.68. The minimum Gasteiger partial charge on any atom is -0.463 e. The minimum atomic E-state index is -1.72. The van der Waals surface area contributed by atoms with Crippen LogP contribution in [0.15, 0.2) is 23.3 Å². The van der Waals surface area contributed by atoms with Gasteiger partial charge in [-0.3, -0.25) is 0 Å². The molecule has 0 spiro atoms. The molecule has 152 valence electrons. The lowest BCUT2D eigenvalue weighted by atomic mass is 9.83. The van der Waals surface area contributed by atoms with Crippen LogP contribution in [0.5, 0.6) is 0 Å². The van der Waals surface area contributed by atoms with E-state index in [0.717, 1.165) is 36.5 Å². The number of ether oxygens (including phenoxy) is 1. The summed E-state index contributed by atoms with van der Waals surface area (Å²) in [4.78, 5) is 11.7. The van der Waals surface area contributed by atoms with Crippen molar-refractivity contribution < 1.29 is 14.0 Å². The van der Waals surface area contributed by atoms with Gasteiger partial charge < -0.3 is 9.16 Å². The molecule has 26 heavy (non-hydrogen) atoms. The molecule has 0 aliphatic rings. The molecule has 0 saturated carbocycles. The molecule has 0 fully saturated rings. The van der Waals surface area contributed by atoms with E-state index in [9.17, 15) is 4.79 Å². The van der Waals surface area contributed by atoms with Gasteiger partial charge in [0.15, 0.2) is 8.32 Å². The Morgan fingerprint density at radius 3 is 2.04 bits per heavy atom. The fourth-order valence-electron chi connectivity index (χ4n) is 3.35. The minimum absolute atomic E-state index is 0.213. The van der Waals surface area contributed by atoms with Crippen LogP contribution in [0.4, 0.5) is 0 Å². The molecule has 0 unspecified atom stereocenters. The van der Waals surface area contributed by atoms with Crippen molar-refractivity contribution in [1.29, 1.82) is 0 Å². The SMILES string of the molecule is CCOC(=O)/C=C(\C)C[C@@H](C)[C@](C)(CC=C(C)C)O[Si](CC)(CC)CC. The van der Waals surface area contributed by atoms with Crippen molar-refractivity contribution in [3.63, 3.8) is 0 Å². The van der Waals surface area contributed by atoms with E-state index < -0.39 is 8.32 Å². The average molecular weight is 383 g/mol. The molecule has 0 radical (unpaired) electrons. The summed E-state index contributed by atoms with van der Waals surface area (Å²) in [5.74, 6) is 0.0730. The molecule has 0 aromatic rings. The monoisotopic (exact) mass is 382 g/mol. The zero-order valence-corrected chi connectivity index (χ0v) is 19.7. The van der Waals surface area contributed by atoms with Crippen molar-refractivity contribution in [2.75, 3.05) is 6.61 Å². The molecule has 0 aliphatic carbocycles. The molecule has 0 rings (SSSR count). The first-order valence-corrected chi connectivity index (χ1v) is 12.8. The third-order valence-electron chi connectivity index (χ3n) is 5.62. The summed E-state index contributed by atoms with van der Waals surface area (Å²) >= 11 is 0. The van der Waals surface area contributed by atoms with Gasteiger partial charge in [-0.05, 0) is 71.5 Å². The number of carbonyl (C=O) groups is 1. The lowest BCUT2D eigenvalue weighted by Gasteiger charge is -2.44. The second-order valence-corrected chi connectivity index (χ2v) is 12.7. The highest BCUT2D eigenvalue weighted by atomic mass is 28.4. The number of rotatable bonds is 12. The van der Waals surface area contributed by atoms with Crippen molar-refractivity contribution >= 4 is 14.3 Å². The quantitative estimate of drug-likeness (QED) is 0.164. The Morgan fingerprint density at radius 2 is 1.62 bits per heavy atom. The molecule has 4 heteroatoms. The van der Waals surface area contributed by atoms with Crippen molar-refractivity contribution in [3.05, 3.63) is 23.3 Å². The molecule has 0 saturated heterocycles. The summed E-state index contributed by atoms with van der Waals surface area (Å²) in [7, 11) is -1.72. The maximum Gasteiger partial charge on any atom is 0.330 e. The number of allylic oxidation sites excluding steroid dienone is 2. The second-order valence-electron chi connectivity index (χ2n) is 7.99. The Kier molecular flexibility index (Phi) is 11.4. The third kappa shape index (κ3) is 8.21. The highest BCUT2D eigenvalue weighted by Crippen LogP contribution is 2.37. The zero-order valence-electron chi connectivity index (χ0n) is 18.7. The summed E-state index contributed by atoms with van der Waals surface area (Å²) in [6, 6.07) is 3.44. The van der Waals surface area contributed by atoms with Crippen LogP contribution in [-0.2, 0) is 14.0 Å². The van der Waals surface area contributed by atoms with Crippen LogP contribution in [0.3, 0.4) is 0 Å². The van der Waals surface area contributed by atoms with E-state index in [1.165, 1.54) is 5.57 Å². The van der Waals surface area contributed by atoms with Crippen LogP contribution in [-0.4, -0.2) is 26.5 Å². The fraction of sp³-hybridized carbons (Fsp3) is 0.773. The number of carbonyl (C=O) groups excluding carboxylic acids is 1. The molecule has 2 atom stereocenters. The maximum absolute atomic E-state index is 11.7. The van der Waals surface area contributed by atoms with Gasteiger partial charge in [0.05, 0.1) is 12.2 Å². The lowest BCUT2D eigenvalue weighted by Crippen LogP contribution is -2.49. The van der Waals surface area contributed by atoms with E-state index in [1.54, 1.807) is 6.08 Å². The molecule has 0 aromatic heterocycles. The van der Waals surface area contributed by atoms with E-state index in [0.29, 0.717) is 12.5 Å². The molecule has 0 N–H and O–H groups in total. The number of hydrogen-bond acceptors (Lipinski definition) is 3. The standard InChI is InChI=1S/C22H42O3Si/c1-10-24-21(23)17-19(7)16-20(8)22(9,15-14-18(5)6)25-26(11-2,12-3)13-4/h14,17,20H,10-13,15-16H2,1-9H3/b19-17+/t20-,22+/m1/s1. The Morgan fingerprint density at radius 1 is 1.08 bits per heavy atom. The number of hydrogen-bond donors (Lipinski definition) is 0. The van der Waals surface area contributed by atoms with Gasteiger partial charge in [-0.25, -0.2) is 4.79 Å². The highest BCUT2D eigenvalue weighted by molar-refractivity contribution is 6.73. The molecule has 0 aliphatic heterocycles. The van der Waals surface area contributed by atoms with Crippen LogP contribution >= 0.6 is 0 Å². The van der Waals surface area contributed by atoms with Crippen LogP contribution in [0.25, 0.3) is 0 Å². The second kappa shape index (κ2) is 11.8. The highest BCUT2D eigenvalue weighted by Gasteiger charge is 2.40.